The molecule has 0 bridgehead atoms. The number of aryl methyl sites for hydroxylation is 1. The van der Waals surface area contributed by atoms with Crippen LogP contribution in [-0.2, 0) is 6.42 Å². The molecule has 5 heteroatoms. The Bertz CT molecular complexity index is 1070. The SMILES string of the molecule is C=c1c(CCCC)ccc/c1=C/C=C\C.O=C(c1ccc(NO)cc1)N1CCN(CC2CC2)CC1. The summed E-state index contributed by atoms with van der Waals surface area (Å²) >= 11 is 0. The van der Waals surface area contributed by atoms with Gasteiger partial charge in [-0.25, -0.2) is 0 Å². The number of piperazine rings is 1. The maximum absolute atomic E-state index is 12.4. The minimum Gasteiger partial charge on any atom is -0.336 e. The normalized spacial score (nSPS) is 16.8. The molecular formula is C30H41N3O2. The van der Waals surface area contributed by atoms with Crippen molar-refractivity contribution >= 4 is 24.2 Å². The molecule has 2 aromatic rings. The summed E-state index contributed by atoms with van der Waals surface area (Å²) < 4.78 is 0. The van der Waals surface area contributed by atoms with Crippen LogP contribution >= 0.6 is 0 Å². The van der Waals surface area contributed by atoms with Crippen molar-refractivity contribution in [3.05, 3.63) is 76.2 Å². The smallest absolute Gasteiger partial charge is 0.253 e. The Labute approximate surface area is 210 Å². The molecular weight excluding hydrogens is 434 g/mol. The van der Waals surface area contributed by atoms with Crippen molar-refractivity contribution in [2.24, 2.45) is 5.92 Å². The molecule has 0 spiro atoms. The maximum Gasteiger partial charge on any atom is 0.253 e. The van der Waals surface area contributed by atoms with Crippen LogP contribution in [0, 0.1) is 5.92 Å². The van der Waals surface area contributed by atoms with Crippen LogP contribution in [0.2, 0.25) is 0 Å². The van der Waals surface area contributed by atoms with E-state index in [-0.39, 0.29) is 5.91 Å². The average molecular weight is 476 g/mol. The number of carbonyl (C=O) groups excluding carboxylic acids is 1. The molecule has 4 rings (SSSR count). The van der Waals surface area contributed by atoms with Crippen LogP contribution in [0.15, 0.2) is 54.6 Å². The molecule has 1 amide bonds. The third-order valence-corrected chi connectivity index (χ3v) is 6.71. The number of nitrogens with zero attached hydrogens (tertiary/aromatic N) is 2. The molecule has 5 nitrogen and oxygen atoms in total. The Morgan fingerprint density at radius 1 is 1.11 bits per heavy atom. The van der Waals surface area contributed by atoms with E-state index in [0.717, 1.165) is 38.5 Å². The second-order valence-corrected chi connectivity index (χ2v) is 9.51. The van der Waals surface area contributed by atoms with E-state index >= 15 is 0 Å². The highest BCUT2D eigenvalue weighted by Crippen LogP contribution is 2.30. The number of nitrogens with one attached hydrogen (secondary N) is 1. The van der Waals surface area contributed by atoms with Crippen LogP contribution in [-0.4, -0.2) is 53.6 Å². The third-order valence-electron chi connectivity index (χ3n) is 6.71. The molecule has 1 saturated carbocycles. The molecule has 2 fully saturated rings. The van der Waals surface area contributed by atoms with Crippen molar-refractivity contribution in [3.63, 3.8) is 0 Å². The van der Waals surface area contributed by atoms with Gasteiger partial charge in [0.05, 0.1) is 5.69 Å². The van der Waals surface area contributed by atoms with E-state index in [9.17, 15) is 4.79 Å². The van der Waals surface area contributed by atoms with Crippen LogP contribution in [0.1, 0.15) is 55.5 Å². The molecule has 1 saturated heterocycles. The fraction of sp³-hybridized carbons (Fsp3) is 0.433. The van der Waals surface area contributed by atoms with Crippen molar-refractivity contribution < 1.29 is 10.0 Å². The van der Waals surface area contributed by atoms with Gasteiger partial charge < -0.3 is 4.90 Å². The second kappa shape index (κ2) is 13.9. The first-order chi connectivity index (χ1) is 17.0. The zero-order valence-corrected chi connectivity index (χ0v) is 21.4. The quantitative estimate of drug-likeness (QED) is 0.554. The first kappa shape index (κ1) is 26.7. The highest BCUT2D eigenvalue weighted by molar-refractivity contribution is 5.94. The number of rotatable bonds is 8. The zero-order chi connectivity index (χ0) is 25.0. The number of anilines is 1. The van der Waals surface area contributed by atoms with Crippen LogP contribution in [0.25, 0.3) is 12.7 Å². The minimum absolute atomic E-state index is 0.0839. The Kier molecular flexibility index (Phi) is 10.6. The summed E-state index contributed by atoms with van der Waals surface area (Å²) in [6.45, 7) is 13.2. The van der Waals surface area contributed by atoms with Gasteiger partial charge in [0.25, 0.3) is 5.91 Å². The van der Waals surface area contributed by atoms with E-state index in [4.69, 9.17) is 5.21 Å². The summed E-state index contributed by atoms with van der Waals surface area (Å²) in [6, 6.07) is 13.3. The zero-order valence-electron chi connectivity index (χ0n) is 21.4. The fourth-order valence-electron chi connectivity index (χ4n) is 4.28. The van der Waals surface area contributed by atoms with Gasteiger partial charge in [-0.2, -0.15) is 0 Å². The van der Waals surface area contributed by atoms with Crippen molar-refractivity contribution in [2.45, 2.75) is 46.0 Å². The molecule has 0 unspecified atom stereocenters. The molecule has 2 aliphatic rings. The Morgan fingerprint density at radius 2 is 1.83 bits per heavy atom. The first-order valence-corrected chi connectivity index (χ1v) is 13.0. The van der Waals surface area contributed by atoms with Crippen molar-refractivity contribution in [3.8, 4) is 0 Å². The molecule has 188 valence electrons. The molecule has 35 heavy (non-hydrogen) atoms. The molecule has 0 aromatic heterocycles. The van der Waals surface area contributed by atoms with Gasteiger partial charge >= 0.3 is 0 Å². The fourth-order valence-corrected chi connectivity index (χ4v) is 4.28. The van der Waals surface area contributed by atoms with Crippen molar-refractivity contribution in [1.82, 2.24) is 9.80 Å². The summed E-state index contributed by atoms with van der Waals surface area (Å²) in [5.41, 5.74) is 4.73. The number of benzene rings is 2. The van der Waals surface area contributed by atoms with Gasteiger partial charge in [0.2, 0.25) is 0 Å². The Hall–Kier alpha value is -2.89. The average Bonchev–Trinajstić information content (AvgIpc) is 3.72. The minimum atomic E-state index is 0.0839. The lowest BCUT2D eigenvalue weighted by molar-refractivity contribution is 0.0632. The molecule has 0 atom stereocenters. The topological polar surface area (TPSA) is 55.8 Å². The lowest BCUT2D eigenvalue weighted by atomic mass is 10.0. The van der Waals surface area contributed by atoms with E-state index in [0.29, 0.717) is 11.3 Å². The summed E-state index contributed by atoms with van der Waals surface area (Å²) in [6.07, 6.45) is 12.6. The number of carbonyl (C=O) groups is 1. The van der Waals surface area contributed by atoms with E-state index in [1.165, 1.54) is 48.2 Å². The first-order valence-electron chi connectivity index (χ1n) is 13.0. The number of allylic oxidation sites excluding steroid dienone is 2. The number of hydrogen-bond acceptors (Lipinski definition) is 4. The number of amides is 1. The van der Waals surface area contributed by atoms with Gasteiger partial charge in [-0.3, -0.25) is 20.4 Å². The van der Waals surface area contributed by atoms with Gasteiger partial charge in [-0.05, 0) is 78.8 Å². The molecule has 1 heterocycles. The second-order valence-electron chi connectivity index (χ2n) is 9.51. The van der Waals surface area contributed by atoms with Crippen molar-refractivity contribution in [2.75, 3.05) is 38.2 Å². The van der Waals surface area contributed by atoms with Gasteiger partial charge in [-0.15, -0.1) is 0 Å². The van der Waals surface area contributed by atoms with E-state index in [1.54, 1.807) is 24.3 Å². The molecule has 1 aliphatic carbocycles. The highest BCUT2D eigenvalue weighted by atomic mass is 16.5. The predicted molar refractivity (Wildman–Crippen MR) is 146 cm³/mol. The third kappa shape index (κ3) is 8.37. The van der Waals surface area contributed by atoms with Crippen LogP contribution in [0.4, 0.5) is 5.69 Å². The van der Waals surface area contributed by atoms with Crippen LogP contribution < -0.4 is 15.9 Å². The highest BCUT2D eigenvalue weighted by Gasteiger charge is 2.27. The van der Waals surface area contributed by atoms with E-state index in [1.807, 2.05) is 17.9 Å². The summed E-state index contributed by atoms with van der Waals surface area (Å²) in [4.78, 5) is 16.8. The summed E-state index contributed by atoms with van der Waals surface area (Å²) in [5.74, 6) is 0.997. The van der Waals surface area contributed by atoms with Gasteiger partial charge in [0.15, 0.2) is 0 Å². The lowest BCUT2D eigenvalue weighted by Crippen LogP contribution is -2.49. The van der Waals surface area contributed by atoms with Gasteiger partial charge in [0.1, 0.15) is 0 Å². The molecule has 2 N–H and O–H groups in total. The number of unbranched alkanes of at least 4 members (excludes halogenated alkanes) is 1. The predicted octanol–water partition coefficient (Wildman–Crippen LogP) is 4.45. The molecule has 0 radical (unpaired) electrons. The van der Waals surface area contributed by atoms with E-state index < -0.39 is 0 Å². The Morgan fingerprint density at radius 3 is 2.43 bits per heavy atom. The van der Waals surface area contributed by atoms with Crippen molar-refractivity contribution in [1.29, 1.82) is 0 Å². The largest absolute Gasteiger partial charge is 0.336 e. The van der Waals surface area contributed by atoms with Gasteiger partial charge in [0, 0.05) is 38.3 Å². The Balaban J connectivity index is 0.000000205. The molecule has 1 aliphatic heterocycles. The monoisotopic (exact) mass is 475 g/mol. The van der Waals surface area contributed by atoms with Gasteiger partial charge in [-0.1, -0.05) is 56.4 Å². The molecule has 2 aromatic carbocycles. The van der Waals surface area contributed by atoms with E-state index in [2.05, 4.69) is 54.2 Å². The lowest BCUT2D eigenvalue weighted by Gasteiger charge is -2.34. The van der Waals surface area contributed by atoms with Crippen LogP contribution in [0.3, 0.4) is 0 Å². The maximum atomic E-state index is 12.4. The number of hydrogen-bond donors (Lipinski definition) is 2. The summed E-state index contributed by atoms with van der Waals surface area (Å²) in [7, 11) is 0. The standard InChI is InChI=1S/C15H21N3O2.C15H20/c19-15(13-3-5-14(16-20)6-4-13)18-9-7-17(8-10-18)11-12-1-2-12;1-4-6-9-14-11-8-12-15(13(14)3)10-7-5-2/h3-6,12,16,20H,1-2,7-11H2;4,6,8-9,11-12H,3,5,7,10H2,1-2H3/b;6-4-,14-9-. The summed E-state index contributed by atoms with van der Waals surface area (Å²) in [5, 5.41) is 11.2. The van der Waals surface area contributed by atoms with Crippen LogP contribution in [0.5, 0.6) is 0 Å².